The van der Waals surface area contributed by atoms with E-state index in [0.717, 1.165) is 60.3 Å². The predicted molar refractivity (Wildman–Crippen MR) is 158 cm³/mol. The summed E-state index contributed by atoms with van der Waals surface area (Å²) in [5.74, 6) is 1.59. The van der Waals surface area contributed by atoms with Crippen LogP contribution in [-0.4, -0.2) is 24.8 Å². The Morgan fingerprint density at radius 3 is 2.54 bits per heavy atom. The lowest BCUT2D eigenvalue weighted by Gasteiger charge is -2.25. The van der Waals surface area contributed by atoms with Gasteiger partial charge in [-0.3, -0.25) is 0 Å². The third-order valence-electron chi connectivity index (χ3n) is 5.72. The average molecular weight is 468 g/mol. The van der Waals surface area contributed by atoms with Crippen LogP contribution in [0, 0.1) is 0 Å². The molecular formula is C32H41N3. The molecule has 0 aliphatic heterocycles. The third-order valence-corrected chi connectivity index (χ3v) is 5.72. The Morgan fingerprint density at radius 1 is 1.17 bits per heavy atom. The highest BCUT2D eigenvalue weighted by molar-refractivity contribution is 5.87. The summed E-state index contributed by atoms with van der Waals surface area (Å²) in [7, 11) is 2.08. The molecule has 0 saturated heterocycles. The fourth-order valence-corrected chi connectivity index (χ4v) is 3.91. The summed E-state index contributed by atoms with van der Waals surface area (Å²) >= 11 is 0. The van der Waals surface area contributed by atoms with Gasteiger partial charge in [0.1, 0.15) is 5.82 Å². The molecular weight excluding hydrogens is 426 g/mol. The molecule has 0 aromatic carbocycles. The first-order valence-corrected chi connectivity index (χ1v) is 12.4. The zero-order valence-electron chi connectivity index (χ0n) is 22.3. The normalized spacial score (nSPS) is 14.1. The summed E-state index contributed by atoms with van der Waals surface area (Å²) in [6, 6.07) is 2.06. The quantitative estimate of drug-likeness (QED) is 0.214. The molecule has 0 fully saturated rings. The maximum Gasteiger partial charge on any atom is 0.154 e. The molecule has 184 valence electrons. The Kier molecular flexibility index (Phi) is 11.2. The zero-order chi connectivity index (χ0) is 25.8. The van der Waals surface area contributed by atoms with Gasteiger partial charge in [0.25, 0.3) is 0 Å². The SMILES string of the molecule is C=C/C=C/C/C(C)=C/C=C(\C)CN(C)c1nc(/N=C/C2=CC=CC2)cc(C(=C)CCC)c1C(=C)C. The van der Waals surface area contributed by atoms with Crippen molar-refractivity contribution in [1.29, 1.82) is 0 Å². The summed E-state index contributed by atoms with van der Waals surface area (Å²) in [5, 5.41) is 0. The van der Waals surface area contributed by atoms with E-state index in [2.05, 4.69) is 95.0 Å². The summed E-state index contributed by atoms with van der Waals surface area (Å²) in [5.41, 5.74) is 7.96. The number of rotatable bonds is 13. The zero-order valence-corrected chi connectivity index (χ0v) is 22.3. The van der Waals surface area contributed by atoms with Crippen LogP contribution < -0.4 is 4.90 Å². The van der Waals surface area contributed by atoms with Crippen molar-refractivity contribution in [3.8, 4) is 0 Å². The Labute approximate surface area is 213 Å². The van der Waals surface area contributed by atoms with Gasteiger partial charge >= 0.3 is 0 Å². The van der Waals surface area contributed by atoms with Gasteiger partial charge in [-0.15, -0.1) is 0 Å². The van der Waals surface area contributed by atoms with E-state index in [9.17, 15) is 0 Å². The first-order chi connectivity index (χ1) is 16.8. The smallest absolute Gasteiger partial charge is 0.154 e. The molecule has 0 saturated carbocycles. The van der Waals surface area contributed by atoms with Crippen LogP contribution in [0.4, 0.5) is 11.6 Å². The number of hydrogen-bond donors (Lipinski definition) is 0. The van der Waals surface area contributed by atoms with E-state index in [1.807, 2.05) is 19.2 Å². The van der Waals surface area contributed by atoms with Crippen LogP contribution in [0.3, 0.4) is 0 Å². The van der Waals surface area contributed by atoms with E-state index < -0.39 is 0 Å². The minimum atomic E-state index is 0.697. The van der Waals surface area contributed by atoms with Gasteiger partial charge in [-0.1, -0.05) is 92.8 Å². The Bertz CT molecular complexity index is 1120. The number of likely N-dealkylation sites (N-methyl/N-ethyl adjacent to an activating group) is 1. The van der Waals surface area contributed by atoms with Gasteiger partial charge in [0, 0.05) is 25.4 Å². The van der Waals surface area contributed by atoms with Crippen molar-refractivity contribution in [2.24, 2.45) is 4.99 Å². The van der Waals surface area contributed by atoms with Crippen molar-refractivity contribution >= 4 is 29.0 Å². The van der Waals surface area contributed by atoms with Crippen LogP contribution >= 0.6 is 0 Å². The summed E-state index contributed by atoms with van der Waals surface area (Å²) in [4.78, 5) is 11.9. The number of aliphatic imine (C=N–C) groups is 1. The molecule has 0 N–H and O–H groups in total. The van der Waals surface area contributed by atoms with Crippen LogP contribution in [0.1, 0.15) is 64.5 Å². The fourth-order valence-electron chi connectivity index (χ4n) is 3.91. The van der Waals surface area contributed by atoms with Crippen molar-refractivity contribution in [3.63, 3.8) is 0 Å². The van der Waals surface area contributed by atoms with Gasteiger partial charge in [0.05, 0.1) is 0 Å². The average Bonchev–Trinajstić information content (AvgIpc) is 3.34. The molecule has 0 spiro atoms. The van der Waals surface area contributed by atoms with Crippen LogP contribution in [0.5, 0.6) is 0 Å². The highest BCUT2D eigenvalue weighted by Gasteiger charge is 2.18. The Balaban J connectivity index is 2.42. The van der Waals surface area contributed by atoms with E-state index >= 15 is 0 Å². The molecule has 1 aromatic heterocycles. The maximum absolute atomic E-state index is 4.97. The van der Waals surface area contributed by atoms with Crippen molar-refractivity contribution < 1.29 is 0 Å². The lowest BCUT2D eigenvalue weighted by atomic mass is 9.94. The summed E-state index contributed by atoms with van der Waals surface area (Å²) < 4.78 is 0. The number of aromatic nitrogens is 1. The second kappa shape index (κ2) is 14.1. The van der Waals surface area contributed by atoms with Crippen LogP contribution in [0.15, 0.2) is 96.1 Å². The number of nitrogens with zero attached hydrogens (tertiary/aromatic N) is 3. The first kappa shape index (κ1) is 27.8. The van der Waals surface area contributed by atoms with Gasteiger partial charge in [0.2, 0.25) is 0 Å². The van der Waals surface area contributed by atoms with E-state index in [0.29, 0.717) is 5.82 Å². The number of hydrogen-bond acceptors (Lipinski definition) is 3. The van der Waals surface area contributed by atoms with Crippen LogP contribution in [0.25, 0.3) is 11.1 Å². The molecule has 0 atom stereocenters. The van der Waals surface area contributed by atoms with Gasteiger partial charge in [0.15, 0.2) is 5.82 Å². The topological polar surface area (TPSA) is 28.5 Å². The van der Waals surface area contributed by atoms with Gasteiger partial charge in [-0.25, -0.2) is 9.98 Å². The standard InChI is InChI=1S/C32H41N3/c1-9-11-12-16-25(5)19-20-26(6)23-35(8)32-31(24(3)4)29(27(7)15-10-2)21-30(34-32)33-22-28-17-13-14-18-28/h9,11-14,17,19-22H,1,3,7,10,15-16,18,23H2,2,4-6,8H3/b12-11+,25-19+,26-20+,33-22+. The van der Waals surface area contributed by atoms with E-state index in [-0.39, 0.29) is 0 Å². The molecule has 0 unspecified atom stereocenters. The predicted octanol–water partition coefficient (Wildman–Crippen LogP) is 8.98. The van der Waals surface area contributed by atoms with Gasteiger partial charge in [-0.05, 0) is 68.4 Å². The first-order valence-electron chi connectivity index (χ1n) is 12.4. The fraction of sp³-hybridized carbons (Fsp3) is 0.312. The molecule has 0 bridgehead atoms. The number of pyridine rings is 1. The highest BCUT2D eigenvalue weighted by atomic mass is 15.2. The summed E-state index contributed by atoms with van der Waals surface area (Å²) in [6.07, 6.45) is 22.3. The molecule has 0 radical (unpaired) electrons. The lowest BCUT2D eigenvalue weighted by molar-refractivity contribution is 0.941. The summed E-state index contributed by atoms with van der Waals surface area (Å²) in [6.45, 7) is 21.7. The molecule has 1 aliphatic rings. The second-order valence-electron chi connectivity index (χ2n) is 9.24. The van der Waals surface area contributed by atoms with E-state index in [1.165, 1.54) is 16.7 Å². The largest absolute Gasteiger partial charge is 0.355 e. The monoisotopic (exact) mass is 467 g/mol. The second-order valence-corrected chi connectivity index (χ2v) is 9.24. The minimum absolute atomic E-state index is 0.697. The molecule has 35 heavy (non-hydrogen) atoms. The van der Waals surface area contributed by atoms with Crippen molar-refractivity contribution in [1.82, 2.24) is 4.98 Å². The van der Waals surface area contributed by atoms with Crippen molar-refractivity contribution in [2.45, 2.75) is 53.4 Å². The van der Waals surface area contributed by atoms with Gasteiger partial charge in [-0.2, -0.15) is 0 Å². The Morgan fingerprint density at radius 2 is 1.91 bits per heavy atom. The lowest BCUT2D eigenvalue weighted by Crippen LogP contribution is -2.22. The molecule has 1 aromatic rings. The van der Waals surface area contributed by atoms with Crippen LogP contribution in [0.2, 0.25) is 0 Å². The minimum Gasteiger partial charge on any atom is -0.355 e. The van der Waals surface area contributed by atoms with E-state index in [4.69, 9.17) is 9.98 Å². The highest BCUT2D eigenvalue weighted by Crippen LogP contribution is 2.36. The number of allylic oxidation sites excluding steroid dienone is 12. The Hall–Kier alpha value is -3.46. The molecule has 0 amide bonds. The van der Waals surface area contributed by atoms with Crippen molar-refractivity contribution in [3.05, 3.63) is 102 Å². The molecule has 1 heterocycles. The van der Waals surface area contributed by atoms with Crippen molar-refractivity contribution in [2.75, 3.05) is 18.5 Å². The molecule has 1 aliphatic carbocycles. The third kappa shape index (κ3) is 8.68. The molecule has 2 rings (SSSR count). The van der Waals surface area contributed by atoms with Crippen LogP contribution in [-0.2, 0) is 0 Å². The number of anilines is 1. The van der Waals surface area contributed by atoms with E-state index in [1.54, 1.807) is 6.08 Å². The molecule has 3 nitrogen and oxygen atoms in total. The van der Waals surface area contributed by atoms with Gasteiger partial charge < -0.3 is 4.90 Å². The molecule has 3 heteroatoms. The maximum atomic E-state index is 4.97.